The fourth-order valence-corrected chi connectivity index (χ4v) is 1.28. The monoisotopic (exact) mass is 235 g/mol. The highest BCUT2D eigenvalue weighted by atomic mass is 16.1. The number of aromatic nitrogens is 1. The molecule has 1 aromatic rings. The van der Waals surface area contributed by atoms with E-state index in [0.29, 0.717) is 18.0 Å². The van der Waals surface area contributed by atoms with Crippen LogP contribution in [0.4, 0.5) is 5.82 Å². The lowest BCUT2D eigenvalue weighted by atomic mass is 10.2. The minimum absolute atomic E-state index is 0.0618. The van der Waals surface area contributed by atoms with Crippen LogP contribution in [-0.2, 0) is 0 Å². The zero-order valence-corrected chi connectivity index (χ0v) is 10.8. The van der Waals surface area contributed by atoms with E-state index >= 15 is 0 Å². The Morgan fingerprint density at radius 2 is 2.18 bits per heavy atom. The largest absolute Gasteiger partial charge is 0.370 e. The summed E-state index contributed by atoms with van der Waals surface area (Å²) in [7, 11) is 0. The lowest BCUT2D eigenvalue weighted by Crippen LogP contribution is -2.27. The summed E-state index contributed by atoms with van der Waals surface area (Å²) in [4.78, 5) is 15.9. The fourth-order valence-electron chi connectivity index (χ4n) is 1.28. The van der Waals surface area contributed by atoms with Crippen LogP contribution >= 0.6 is 0 Å². The van der Waals surface area contributed by atoms with Crippen molar-refractivity contribution in [3.8, 4) is 0 Å². The van der Waals surface area contributed by atoms with Crippen LogP contribution in [0.1, 0.15) is 37.6 Å². The van der Waals surface area contributed by atoms with Gasteiger partial charge in [-0.15, -0.1) is 0 Å². The Balaban J connectivity index is 2.51. The molecule has 1 rings (SSSR count). The van der Waals surface area contributed by atoms with Crippen LogP contribution < -0.4 is 10.6 Å². The Morgan fingerprint density at radius 1 is 1.41 bits per heavy atom. The average molecular weight is 235 g/mol. The van der Waals surface area contributed by atoms with Crippen molar-refractivity contribution >= 4 is 11.7 Å². The van der Waals surface area contributed by atoms with Gasteiger partial charge in [-0.25, -0.2) is 4.98 Å². The molecular weight excluding hydrogens is 214 g/mol. The molecule has 0 aliphatic rings. The van der Waals surface area contributed by atoms with Crippen LogP contribution in [0.5, 0.6) is 0 Å². The summed E-state index contributed by atoms with van der Waals surface area (Å²) in [6, 6.07) is 3.63. The summed E-state index contributed by atoms with van der Waals surface area (Å²) in [5, 5.41) is 6.03. The molecule has 0 aliphatic heterocycles. The third-order valence-electron chi connectivity index (χ3n) is 2.25. The molecule has 1 aromatic heterocycles. The number of hydrogen-bond acceptors (Lipinski definition) is 3. The molecule has 17 heavy (non-hydrogen) atoms. The normalized spacial score (nSPS) is 10.4. The summed E-state index contributed by atoms with van der Waals surface area (Å²) in [6.45, 7) is 7.81. The van der Waals surface area contributed by atoms with Gasteiger partial charge in [-0.1, -0.05) is 20.8 Å². The number of carbonyl (C=O) groups excluding carboxylic acids is 1. The molecule has 2 N–H and O–H groups in total. The van der Waals surface area contributed by atoms with E-state index in [1.54, 1.807) is 12.3 Å². The van der Waals surface area contributed by atoms with Gasteiger partial charge in [-0.2, -0.15) is 0 Å². The maximum atomic E-state index is 11.7. The predicted octanol–water partition coefficient (Wildman–Crippen LogP) is 2.29. The first-order valence-corrected chi connectivity index (χ1v) is 6.11. The van der Waals surface area contributed by atoms with E-state index in [9.17, 15) is 4.79 Å². The average Bonchev–Trinajstić information content (AvgIpc) is 2.34. The summed E-state index contributed by atoms with van der Waals surface area (Å²) in [5.74, 6) is 1.21. The Hall–Kier alpha value is -1.58. The molecule has 0 aliphatic carbocycles. The van der Waals surface area contributed by atoms with Gasteiger partial charge in [0.1, 0.15) is 5.82 Å². The highest BCUT2D eigenvalue weighted by molar-refractivity contribution is 5.94. The number of anilines is 1. The molecule has 0 unspecified atom stereocenters. The van der Waals surface area contributed by atoms with Gasteiger partial charge in [0, 0.05) is 19.3 Å². The van der Waals surface area contributed by atoms with Crippen LogP contribution in [0.25, 0.3) is 0 Å². The maximum Gasteiger partial charge on any atom is 0.252 e. The highest BCUT2D eigenvalue weighted by Gasteiger charge is 2.06. The Kier molecular flexibility index (Phi) is 5.46. The van der Waals surface area contributed by atoms with E-state index < -0.39 is 0 Å². The SMILES string of the molecule is CCCNc1ccc(C(=O)NCC(C)C)cn1. The molecule has 0 fully saturated rings. The Morgan fingerprint density at radius 3 is 2.71 bits per heavy atom. The third-order valence-corrected chi connectivity index (χ3v) is 2.25. The van der Waals surface area contributed by atoms with Crippen molar-refractivity contribution in [3.63, 3.8) is 0 Å². The van der Waals surface area contributed by atoms with Crippen molar-refractivity contribution in [3.05, 3.63) is 23.9 Å². The van der Waals surface area contributed by atoms with Gasteiger partial charge < -0.3 is 10.6 Å². The van der Waals surface area contributed by atoms with Gasteiger partial charge in [0.25, 0.3) is 5.91 Å². The molecule has 0 aromatic carbocycles. The van der Waals surface area contributed by atoms with Crippen LogP contribution in [-0.4, -0.2) is 24.0 Å². The van der Waals surface area contributed by atoms with Gasteiger partial charge in [0.15, 0.2) is 0 Å². The van der Waals surface area contributed by atoms with E-state index in [1.807, 2.05) is 6.07 Å². The van der Waals surface area contributed by atoms with E-state index in [4.69, 9.17) is 0 Å². The zero-order chi connectivity index (χ0) is 12.7. The Bertz CT molecular complexity index is 346. The highest BCUT2D eigenvalue weighted by Crippen LogP contribution is 2.05. The van der Waals surface area contributed by atoms with Gasteiger partial charge in [0.2, 0.25) is 0 Å². The van der Waals surface area contributed by atoms with Crippen LogP contribution in [0, 0.1) is 5.92 Å². The smallest absolute Gasteiger partial charge is 0.252 e. The summed E-state index contributed by atoms with van der Waals surface area (Å²) in [6.07, 6.45) is 2.66. The predicted molar refractivity (Wildman–Crippen MR) is 70.2 cm³/mol. The number of nitrogens with one attached hydrogen (secondary N) is 2. The first-order valence-electron chi connectivity index (χ1n) is 6.11. The number of rotatable bonds is 6. The molecule has 0 radical (unpaired) electrons. The molecule has 0 spiro atoms. The van der Waals surface area contributed by atoms with Gasteiger partial charge in [-0.3, -0.25) is 4.79 Å². The first kappa shape index (κ1) is 13.5. The molecule has 0 saturated heterocycles. The van der Waals surface area contributed by atoms with Crippen molar-refractivity contribution < 1.29 is 4.79 Å². The van der Waals surface area contributed by atoms with E-state index in [2.05, 4.69) is 36.4 Å². The maximum absolute atomic E-state index is 11.7. The molecule has 0 saturated carbocycles. The lowest BCUT2D eigenvalue weighted by molar-refractivity contribution is 0.0948. The van der Waals surface area contributed by atoms with Crippen LogP contribution in [0.3, 0.4) is 0 Å². The second-order valence-electron chi connectivity index (χ2n) is 4.46. The minimum Gasteiger partial charge on any atom is -0.370 e. The molecule has 1 amide bonds. The van der Waals surface area contributed by atoms with Gasteiger partial charge in [-0.05, 0) is 24.5 Å². The molecule has 4 heteroatoms. The number of pyridine rings is 1. The standard InChI is InChI=1S/C13H21N3O/c1-4-7-14-12-6-5-11(9-15-12)13(17)16-8-10(2)3/h5-6,9-10H,4,7-8H2,1-3H3,(H,14,15)(H,16,17). The third kappa shape index (κ3) is 4.85. The lowest BCUT2D eigenvalue weighted by Gasteiger charge is -2.08. The molecule has 0 atom stereocenters. The van der Waals surface area contributed by atoms with E-state index in [0.717, 1.165) is 18.8 Å². The minimum atomic E-state index is -0.0618. The number of carbonyl (C=O) groups is 1. The second-order valence-corrected chi connectivity index (χ2v) is 4.46. The molecular formula is C13H21N3O. The first-order chi connectivity index (χ1) is 8.13. The topological polar surface area (TPSA) is 54.0 Å². The summed E-state index contributed by atoms with van der Waals surface area (Å²) >= 11 is 0. The molecule has 4 nitrogen and oxygen atoms in total. The summed E-state index contributed by atoms with van der Waals surface area (Å²) in [5.41, 5.74) is 0.604. The fraction of sp³-hybridized carbons (Fsp3) is 0.538. The number of nitrogens with zero attached hydrogens (tertiary/aromatic N) is 1. The quantitative estimate of drug-likeness (QED) is 0.795. The zero-order valence-electron chi connectivity index (χ0n) is 10.8. The van der Waals surface area contributed by atoms with Crippen molar-refractivity contribution in [2.24, 2.45) is 5.92 Å². The van der Waals surface area contributed by atoms with Gasteiger partial charge >= 0.3 is 0 Å². The van der Waals surface area contributed by atoms with Crippen molar-refractivity contribution in [2.75, 3.05) is 18.4 Å². The van der Waals surface area contributed by atoms with Crippen molar-refractivity contribution in [1.82, 2.24) is 10.3 Å². The van der Waals surface area contributed by atoms with Crippen molar-refractivity contribution in [2.45, 2.75) is 27.2 Å². The number of hydrogen-bond donors (Lipinski definition) is 2. The molecule has 94 valence electrons. The second kappa shape index (κ2) is 6.89. The van der Waals surface area contributed by atoms with Crippen LogP contribution in [0.2, 0.25) is 0 Å². The molecule has 1 heterocycles. The van der Waals surface area contributed by atoms with Crippen LogP contribution in [0.15, 0.2) is 18.3 Å². The number of amides is 1. The molecule has 0 bridgehead atoms. The van der Waals surface area contributed by atoms with E-state index in [-0.39, 0.29) is 5.91 Å². The van der Waals surface area contributed by atoms with E-state index in [1.165, 1.54) is 0 Å². The Labute approximate surface area is 103 Å². The van der Waals surface area contributed by atoms with Crippen molar-refractivity contribution in [1.29, 1.82) is 0 Å². The summed E-state index contributed by atoms with van der Waals surface area (Å²) < 4.78 is 0. The van der Waals surface area contributed by atoms with Gasteiger partial charge in [0.05, 0.1) is 5.56 Å².